The molecule has 9 heteroatoms. The first-order valence-corrected chi connectivity index (χ1v) is 8.31. The highest BCUT2D eigenvalue weighted by Crippen LogP contribution is 2.16. The van der Waals surface area contributed by atoms with Gasteiger partial charge in [-0.1, -0.05) is 12.1 Å². The van der Waals surface area contributed by atoms with E-state index in [1.54, 1.807) is 0 Å². The lowest BCUT2D eigenvalue weighted by atomic mass is 10.3. The van der Waals surface area contributed by atoms with Gasteiger partial charge in [-0.05, 0) is 34.7 Å². The largest absolute Gasteiger partial charge is 0.353 e. The highest BCUT2D eigenvalue weighted by Gasteiger charge is 2.19. The molecule has 0 aliphatic carbocycles. The molecule has 25 heavy (non-hydrogen) atoms. The van der Waals surface area contributed by atoms with Crippen LogP contribution in [0.3, 0.4) is 0 Å². The summed E-state index contributed by atoms with van der Waals surface area (Å²) >= 11 is 0. The Morgan fingerprint density at radius 3 is 2.76 bits per heavy atom. The number of benzene rings is 1. The Balaban J connectivity index is 1.26. The van der Waals surface area contributed by atoms with Crippen molar-refractivity contribution in [3.63, 3.8) is 0 Å². The van der Waals surface area contributed by atoms with E-state index in [1.165, 1.54) is 4.63 Å². The maximum Gasteiger partial charge on any atom is 0.200 e. The van der Waals surface area contributed by atoms with Gasteiger partial charge >= 0.3 is 0 Å². The summed E-state index contributed by atoms with van der Waals surface area (Å²) in [7, 11) is 0. The lowest BCUT2D eigenvalue weighted by Gasteiger charge is -2.34. The molecule has 0 unspecified atom stereocenters. The molecule has 1 N–H and O–H groups in total. The third kappa shape index (κ3) is 2.68. The number of anilines is 1. The maximum atomic E-state index is 4.66. The first-order chi connectivity index (χ1) is 12.3. The monoisotopic (exact) mass is 335 g/mol. The molecule has 0 amide bonds. The van der Waals surface area contributed by atoms with Gasteiger partial charge in [0.05, 0.1) is 17.6 Å². The molecule has 4 aromatic rings. The van der Waals surface area contributed by atoms with Gasteiger partial charge in [-0.2, -0.15) is 0 Å². The van der Waals surface area contributed by atoms with E-state index < -0.39 is 0 Å². The quantitative estimate of drug-likeness (QED) is 0.590. The van der Waals surface area contributed by atoms with Crippen LogP contribution < -0.4 is 4.90 Å². The number of hydrogen-bond acceptors (Lipinski definition) is 7. The predicted molar refractivity (Wildman–Crippen MR) is 92.2 cm³/mol. The lowest BCUT2D eigenvalue weighted by molar-refractivity contribution is 0.244. The van der Waals surface area contributed by atoms with Crippen molar-refractivity contribution in [2.24, 2.45) is 0 Å². The molecular weight excluding hydrogens is 318 g/mol. The number of hydrogen-bond donors (Lipinski definition) is 1. The van der Waals surface area contributed by atoms with Crippen molar-refractivity contribution in [2.45, 2.75) is 6.54 Å². The molecule has 1 saturated heterocycles. The van der Waals surface area contributed by atoms with Crippen molar-refractivity contribution in [1.82, 2.24) is 40.1 Å². The molecule has 0 saturated carbocycles. The van der Waals surface area contributed by atoms with Crippen molar-refractivity contribution in [3.8, 4) is 0 Å². The van der Waals surface area contributed by atoms with E-state index in [-0.39, 0.29) is 0 Å². The van der Waals surface area contributed by atoms with E-state index in [1.807, 2.05) is 30.3 Å². The Labute approximate surface area is 143 Å². The maximum absolute atomic E-state index is 4.66. The number of tetrazole rings is 1. The smallest absolute Gasteiger partial charge is 0.200 e. The summed E-state index contributed by atoms with van der Waals surface area (Å²) in [6, 6.07) is 12.0. The molecule has 1 fully saturated rings. The van der Waals surface area contributed by atoms with E-state index in [0.717, 1.165) is 55.4 Å². The van der Waals surface area contributed by atoms with Crippen LogP contribution in [0.4, 0.5) is 5.82 Å². The number of fused-ring (bicyclic) bond motifs is 2. The summed E-state index contributed by atoms with van der Waals surface area (Å²) in [5, 5.41) is 15.8. The third-order valence-corrected chi connectivity index (χ3v) is 4.56. The van der Waals surface area contributed by atoms with Crippen LogP contribution in [-0.4, -0.2) is 66.3 Å². The number of para-hydroxylation sites is 2. The summed E-state index contributed by atoms with van der Waals surface area (Å²) in [6.07, 6.45) is 0. The van der Waals surface area contributed by atoms with Crippen molar-refractivity contribution < 1.29 is 0 Å². The van der Waals surface area contributed by atoms with Crippen LogP contribution in [0.1, 0.15) is 5.82 Å². The van der Waals surface area contributed by atoms with Crippen LogP contribution >= 0.6 is 0 Å². The molecule has 0 spiro atoms. The third-order valence-electron chi connectivity index (χ3n) is 4.56. The molecule has 9 nitrogen and oxygen atoms in total. The SMILES string of the molecule is c1ccc2[nH]c(CN3CCN(c4ccc5nnnn5n4)CC3)nc2c1. The van der Waals surface area contributed by atoms with Crippen LogP contribution in [-0.2, 0) is 6.54 Å². The molecule has 126 valence electrons. The number of nitrogens with zero attached hydrogens (tertiary/aromatic N) is 8. The number of piperazine rings is 1. The Morgan fingerprint density at radius 1 is 1.00 bits per heavy atom. The summed E-state index contributed by atoms with van der Waals surface area (Å²) in [6.45, 7) is 4.60. The number of nitrogens with one attached hydrogen (secondary N) is 1. The van der Waals surface area contributed by atoms with E-state index >= 15 is 0 Å². The highest BCUT2D eigenvalue weighted by atomic mass is 15.6. The van der Waals surface area contributed by atoms with E-state index in [2.05, 4.69) is 46.5 Å². The molecule has 0 bridgehead atoms. The Kier molecular flexibility index (Phi) is 3.30. The van der Waals surface area contributed by atoms with Crippen molar-refractivity contribution in [2.75, 3.05) is 31.1 Å². The molecular formula is C16H17N9. The lowest BCUT2D eigenvalue weighted by Crippen LogP contribution is -2.46. The fourth-order valence-corrected chi connectivity index (χ4v) is 3.24. The fourth-order valence-electron chi connectivity index (χ4n) is 3.24. The Morgan fingerprint density at radius 2 is 1.88 bits per heavy atom. The number of aromatic amines is 1. The van der Waals surface area contributed by atoms with Crippen molar-refractivity contribution >= 4 is 22.5 Å². The average Bonchev–Trinajstić information content (AvgIpc) is 3.27. The Hall–Kier alpha value is -3.07. The highest BCUT2D eigenvalue weighted by molar-refractivity contribution is 5.74. The summed E-state index contributed by atoms with van der Waals surface area (Å²) in [5.74, 6) is 1.92. The van der Waals surface area contributed by atoms with E-state index in [9.17, 15) is 0 Å². The van der Waals surface area contributed by atoms with Gasteiger partial charge in [-0.15, -0.1) is 14.8 Å². The second kappa shape index (κ2) is 5.78. The molecule has 0 atom stereocenters. The second-order valence-corrected chi connectivity index (χ2v) is 6.18. The molecule has 5 rings (SSSR count). The summed E-state index contributed by atoms with van der Waals surface area (Å²) < 4.78 is 1.47. The van der Waals surface area contributed by atoms with Gasteiger partial charge in [0.2, 0.25) is 0 Å². The van der Waals surface area contributed by atoms with Crippen LogP contribution in [0.25, 0.3) is 16.7 Å². The average molecular weight is 335 g/mol. The standard InChI is InChI=1S/C16H17N9/c1-2-4-13-12(3-1)17-14(18-13)11-23-7-9-24(10-8-23)16-6-5-15-19-21-22-25(15)20-16/h1-6H,7-11H2,(H,17,18). The van der Waals surface area contributed by atoms with Gasteiger partial charge in [0.1, 0.15) is 5.82 Å². The fraction of sp³-hybridized carbons (Fsp3) is 0.312. The minimum absolute atomic E-state index is 0.660. The van der Waals surface area contributed by atoms with Crippen molar-refractivity contribution in [3.05, 3.63) is 42.2 Å². The van der Waals surface area contributed by atoms with Gasteiger partial charge in [0.15, 0.2) is 11.5 Å². The topological polar surface area (TPSA) is 91.1 Å². The number of aromatic nitrogens is 7. The molecule has 4 heterocycles. The molecule has 1 aliphatic heterocycles. The summed E-state index contributed by atoms with van der Waals surface area (Å²) in [5.41, 5.74) is 2.78. The first-order valence-electron chi connectivity index (χ1n) is 8.31. The molecule has 3 aromatic heterocycles. The number of imidazole rings is 1. The van der Waals surface area contributed by atoms with Gasteiger partial charge in [-0.25, -0.2) is 4.98 Å². The molecule has 1 aromatic carbocycles. The van der Waals surface area contributed by atoms with Crippen LogP contribution in [0.2, 0.25) is 0 Å². The van der Waals surface area contributed by atoms with Gasteiger partial charge in [0, 0.05) is 26.2 Å². The zero-order chi connectivity index (χ0) is 16.6. The van der Waals surface area contributed by atoms with Crippen LogP contribution in [0, 0.1) is 0 Å². The summed E-state index contributed by atoms with van der Waals surface area (Å²) in [4.78, 5) is 12.7. The normalized spacial score (nSPS) is 16.1. The van der Waals surface area contributed by atoms with Crippen molar-refractivity contribution in [1.29, 1.82) is 0 Å². The minimum atomic E-state index is 0.660. The van der Waals surface area contributed by atoms with Crippen LogP contribution in [0.5, 0.6) is 0 Å². The van der Waals surface area contributed by atoms with Crippen LogP contribution in [0.15, 0.2) is 36.4 Å². The zero-order valence-electron chi connectivity index (χ0n) is 13.6. The number of H-pyrrole nitrogens is 1. The van der Waals surface area contributed by atoms with Gasteiger partial charge < -0.3 is 9.88 Å². The predicted octanol–water partition coefficient (Wildman–Crippen LogP) is 0.718. The first kappa shape index (κ1) is 14.3. The van der Waals surface area contributed by atoms with Gasteiger partial charge in [-0.3, -0.25) is 4.90 Å². The second-order valence-electron chi connectivity index (χ2n) is 6.18. The number of rotatable bonds is 3. The zero-order valence-corrected chi connectivity index (χ0v) is 13.6. The van der Waals surface area contributed by atoms with E-state index in [4.69, 9.17) is 0 Å². The molecule has 0 radical (unpaired) electrons. The minimum Gasteiger partial charge on any atom is -0.353 e. The molecule has 1 aliphatic rings. The van der Waals surface area contributed by atoms with E-state index in [0.29, 0.717) is 5.65 Å². The Bertz CT molecular complexity index is 979. The van der Waals surface area contributed by atoms with Gasteiger partial charge in [0.25, 0.3) is 0 Å².